The zero-order valence-electron chi connectivity index (χ0n) is 14.6. The molecule has 0 amide bonds. The van der Waals surface area contributed by atoms with Gasteiger partial charge < -0.3 is 0 Å². The van der Waals surface area contributed by atoms with E-state index < -0.39 is 0 Å². The molecule has 4 heteroatoms. The van der Waals surface area contributed by atoms with E-state index in [1.807, 2.05) is 43.3 Å². The van der Waals surface area contributed by atoms with Gasteiger partial charge in [-0.15, -0.1) is 0 Å². The molecular formula is C22H20N2O2. The Labute approximate surface area is 152 Å². The minimum atomic E-state index is -0.188. The van der Waals surface area contributed by atoms with Gasteiger partial charge in [-0.1, -0.05) is 29.8 Å². The quantitative estimate of drug-likeness (QED) is 0.596. The normalized spacial score (nSPS) is 11.7. The number of pyridine rings is 2. The average Bonchev–Trinajstić information content (AvgIpc) is 2.69. The first-order chi connectivity index (χ1) is 12.6. The second kappa shape index (κ2) is 8.30. The van der Waals surface area contributed by atoms with Gasteiger partial charge in [-0.05, 0) is 42.7 Å². The van der Waals surface area contributed by atoms with E-state index >= 15 is 0 Å². The highest BCUT2D eigenvalue weighted by molar-refractivity contribution is 5.99. The molecule has 0 aliphatic rings. The summed E-state index contributed by atoms with van der Waals surface area (Å²) in [6, 6.07) is 14.7. The lowest BCUT2D eigenvalue weighted by Gasteiger charge is -2.16. The van der Waals surface area contributed by atoms with Crippen molar-refractivity contribution >= 4 is 11.6 Å². The molecule has 2 aromatic heterocycles. The Kier molecular flexibility index (Phi) is 5.64. The molecule has 0 saturated heterocycles. The molecule has 0 bridgehead atoms. The van der Waals surface area contributed by atoms with Crippen LogP contribution in [0.5, 0.6) is 0 Å². The molecule has 0 saturated carbocycles. The van der Waals surface area contributed by atoms with E-state index in [-0.39, 0.29) is 30.3 Å². The van der Waals surface area contributed by atoms with Crippen LogP contribution in [0.3, 0.4) is 0 Å². The average molecular weight is 344 g/mol. The molecule has 0 aliphatic carbocycles. The molecule has 1 aromatic carbocycles. The van der Waals surface area contributed by atoms with Crippen LogP contribution in [0, 0.1) is 6.92 Å². The molecule has 0 fully saturated rings. The third-order valence-corrected chi connectivity index (χ3v) is 4.42. The van der Waals surface area contributed by atoms with Gasteiger partial charge in [0.1, 0.15) is 0 Å². The number of Topliss-reactive ketones (excluding diaryl/α,β-unsaturated/α-hetero) is 2. The Balaban J connectivity index is 1.81. The van der Waals surface area contributed by atoms with Gasteiger partial charge in [-0.3, -0.25) is 19.6 Å². The number of hydrogen-bond acceptors (Lipinski definition) is 4. The number of aromatic nitrogens is 2. The number of aryl methyl sites for hydroxylation is 1. The summed E-state index contributed by atoms with van der Waals surface area (Å²) in [5.41, 5.74) is 3.34. The SMILES string of the molecule is Cc1ccc(C(=O)CC(CC(=O)c2ccncc2)c2ccncc2)cc1. The second-order valence-corrected chi connectivity index (χ2v) is 6.33. The van der Waals surface area contributed by atoms with E-state index in [4.69, 9.17) is 0 Å². The van der Waals surface area contributed by atoms with Gasteiger partial charge in [0.25, 0.3) is 0 Å². The number of rotatable bonds is 7. The van der Waals surface area contributed by atoms with Crippen molar-refractivity contribution in [2.24, 2.45) is 0 Å². The van der Waals surface area contributed by atoms with Gasteiger partial charge in [0.15, 0.2) is 11.6 Å². The highest BCUT2D eigenvalue weighted by Gasteiger charge is 2.21. The molecule has 4 nitrogen and oxygen atoms in total. The van der Waals surface area contributed by atoms with Gasteiger partial charge in [-0.2, -0.15) is 0 Å². The molecule has 3 rings (SSSR count). The molecule has 0 N–H and O–H groups in total. The fourth-order valence-electron chi connectivity index (χ4n) is 2.90. The monoisotopic (exact) mass is 344 g/mol. The second-order valence-electron chi connectivity index (χ2n) is 6.33. The largest absolute Gasteiger partial charge is 0.294 e. The van der Waals surface area contributed by atoms with Crippen molar-refractivity contribution < 1.29 is 9.59 Å². The minimum Gasteiger partial charge on any atom is -0.294 e. The molecule has 130 valence electrons. The van der Waals surface area contributed by atoms with E-state index in [0.717, 1.165) is 11.1 Å². The van der Waals surface area contributed by atoms with Crippen molar-refractivity contribution in [3.05, 3.63) is 95.6 Å². The van der Waals surface area contributed by atoms with E-state index in [9.17, 15) is 9.59 Å². The Morgan fingerprint density at radius 2 is 1.19 bits per heavy atom. The lowest BCUT2D eigenvalue weighted by atomic mass is 9.87. The Morgan fingerprint density at radius 1 is 0.731 bits per heavy atom. The number of hydrogen-bond donors (Lipinski definition) is 0. The maximum absolute atomic E-state index is 12.7. The lowest BCUT2D eigenvalue weighted by molar-refractivity contribution is 0.0944. The van der Waals surface area contributed by atoms with Gasteiger partial charge in [-0.25, -0.2) is 0 Å². The summed E-state index contributed by atoms with van der Waals surface area (Å²) in [4.78, 5) is 33.3. The molecule has 1 unspecified atom stereocenters. The van der Waals surface area contributed by atoms with Crippen LogP contribution in [-0.4, -0.2) is 21.5 Å². The van der Waals surface area contributed by atoms with Crippen LogP contribution in [-0.2, 0) is 0 Å². The maximum atomic E-state index is 12.7. The zero-order chi connectivity index (χ0) is 18.4. The Bertz CT molecular complexity index is 875. The Hall–Kier alpha value is -3.14. The Morgan fingerprint density at radius 3 is 1.73 bits per heavy atom. The summed E-state index contributed by atoms with van der Waals surface area (Å²) in [6.45, 7) is 1.99. The molecular weight excluding hydrogens is 324 g/mol. The summed E-state index contributed by atoms with van der Waals surface area (Å²) >= 11 is 0. The van der Waals surface area contributed by atoms with E-state index in [1.54, 1.807) is 36.9 Å². The molecule has 0 aliphatic heterocycles. The molecule has 3 aromatic rings. The van der Waals surface area contributed by atoms with Crippen LogP contribution >= 0.6 is 0 Å². The van der Waals surface area contributed by atoms with Crippen molar-refractivity contribution in [2.45, 2.75) is 25.7 Å². The van der Waals surface area contributed by atoms with Gasteiger partial charge in [0.2, 0.25) is 0 Å². The van der Waals surface area contributed by atoms with Crippen molar-refractivity contribution in [2.75, 3.05) is 0 Å². The molecule has 1 atom stereocenters. The summed E-state index contributed by atoms with van der Waals surface area (Å²) in [6.07, 6.45) is 7.14. The molecule has 2 heterocycles. The van der Waals surface area contributed by atoms with Crippen LogP contribution in [0.2, 0.25) is 0 Å². The summed E-state index contributed by atoms with van der Waals surface area (Å²) in [7, 11) is 0. The van der Waals surface area contributed by atoms with E-state index in [1.165, 1.54) is 0 Å². The van der Waals surface area contributed by atoms with Gasteiger partial charge in [0, 0.05) is 48.8 Å². The smallest absolute Gasteiger partial charge is 0.163 e. The van der Waals surface area contributed by atoms with E-state index in [0.29, 0.717) is 11.1 Å². The van der Waals surface area contributed by atoms with E-state index in [2.05, 4.69) is 9.97 Å². The number of nitrogens with zero attached hydrogens (tertiary/aromatic N) is 2. The first-order valence-corrected chi connectivity index (χ1v) is 8.56. The standard InChI is InChI=1S/C22H20N2O2/c1-16-2-4-18(5-3-16)21(25)14-20(17-6-10-23-11-7-17)15-22(26)19-8-12-24-13-9-19/h2-13,20H,14-15H2,1H3. The van der Waals surface area contributed by atoms with Crippen molar-refractivity contribution in [1.82, 2.24) is 9.97 Å². The van der Waals surface area contributed by atoms with Crippen LogP contribution in [0.4, 0.5) is 0 Å². The van der Waals surface area contributed by atoms with Crippen molar-refractivity contribution in [3.8, 4) is 0 Å². The van der Waals surface area contributed by atoms with Crippen LogP contribution in [0.15, 0.2) is 73.3 Å². The molecule has 0 spiro atoms. The highest BCUT2D eigenvalue weighted by atomic mass is 16.1. The van der Waals surface area contributed by atoms with Crippen LogP contribution in [0.1, 0.15) is 50.6 Å². The van der Waals surface area contributed by atoms with Crippen molar-refractivity contribution in [3.63, 3.8) is 0 Å². The number of ketones is 2. The third kappa shape index (κ3) is 4.48. The number of carbonyl (C=O) groups is 2. The number of carbonyl (C=O) groups excluding carboxylic acids is 2. The predicted octanol–water partition coefficient (Wildman–Crippen LogP) is 4.41. The first-order valence-electron chi connectivity index (χ1n) is 8.56. The predicted molar refractivity (Wildman–Crippen MR) is 100 cm³/mol. The molecule has 0 radical (unpaired) electrons. The topological polar surface area (TPSA) is 59.9 Å². The summed E-state index contributed by atoms with van der Waals surface area (Å²) < 4.78 is 0. The molecule has 26 heavy (non-hydrogen) atoms. The number of benzene rings is 1. The van der Waals surface area contributed by atoms with Gasteiger partial charge in [0.05, 0.1) is 0 Å². The maximum Gasteiger partial charge on any atom is 0.163 e. The van der Waals surface area contributed by atoms with Crippen LogP contribution in [0.25, 0.3) is 0 Å². The fraction of sp³-hybridized carbons (Fsp3) is 0.182. The minimum absolute atomic E-state index is 0.00548. The van der Waals surface area contributed by atoms with Crippen molar-refractivity contribution in [1.29, 1.82) is 0 Å². The van der Waals surface area contributed by atoms with Crippen LogP contribution < -0.4 is 0 Å². The fourth-order valence-corrected chi connectivity index (χ4v) is 2.90. The first kappa shape index (κ1) is 17.7. The third-order valence-electron chi connectivity index (χ3n) is 4.42. The lowest BCUT2D eigenvalue weighted by Crippen LogP contribution is -2.13. The highest BCUT2D eigenvalue weighted by Crippen LogP contribution is 2.27. The summed E-state index contributed by atoms with van der Waals surface area (Å²) in [5, 5.41) is 0. The zero-order valence-corrected chi connectivity index (χ0v) is 14.6. The summed E-state index contributed by atoms with van der Waals surface area (Å²) in [5.74, 6) is -0.146. The van der Waals surface area contributed by atoms with Gasteiger partial charge >= 0.3 is 0 Å².